The summed E-state index contributed by atoms with van der Waals surface area (Å²) < 4.78 is 9.75. The van der Waals surface area contributed by atoms with Crippen molar-refractivity contribution < 1.29 is 14.1 Å². The van der Waals surface area contributed by atoms with Crippen LogP contribution in [0.2, 0.25) is 5.02 Å². The molecule has 0 atom stereocenters. The topological polar surface area (TPSA) is 52.3 Å². The van der Waals surface area contributed by atoms with Crippen LogP contribution in [0.4, 0.5) is 0 Å². The molecule has 0 aliphatic heterocycles. The fourth-order valence-electron chi connectivity index (χ4n) is 1.16. The Morgan fingerprint density at radius 2 is 2.25 bits per heavy atom. The molecule has 0 saturated carbocycles. The van der Waals surface area contributed by atoms with Gasteiger partial charge in [0.25, 0.3) is 5.88 Å². The van der Waals surface area contributed by atoms with Gasteiger partial charge in [0.05, 0.1) is 5.56 Å². The van der Waals surface area contributed by atoms with E-state index in [4.69, 9.17) is 20.9 Å². The van der Waals surface area contributed by atoms with Crippen molar-refractivity contribution in [1.29, 1.82) is 0 Å². The number of hydrogen-bond acceptors (Lipinski definition) is 4. The van der Waals surface area contributed by atoms with Crippen molar-refractivity contribution in [3.63, 3.8) is 0 Å². The molecule has 1 heterocycles. The van der Waals surface area contributed by atoms with Gasteiger partial charge in [0, 0.05) is 11.1 Å². The lowest BCUT2D eigenvalue weighted by Crippen LogP contribution is -2.08. The molecule has 1 aromatic carbocycles. The molecule has 5 heteroatoms. The summed E-state index contributed by atoms with van der Waals surface area (Å²) >= 11 is 5.75. The van der Waals surface area contributed by atoms with E-state index in [9.17, 15) is 4.79 Å². The summed E-state index contributed by atoms with van der Waals surface area (Å²) in [7, 11) is 0. The molecule has 0 aliphatic rings. The van der Waals surface area contributed by atoms with Crippen LogP contribution < -0.4 is 4.74 Å². The Hall–Kier alpha value is -1.81. The number of carbonyl (C=O) groups excluding carboxylic acids is 1. The van der Waals surface area contributed by atoms with Crippen LogP contribution in [0.3, 0.4) is 0 Å². The normalized spacial score (nSPS) is 10.1. The van der Waals surface area contributed by atoms with Crippen LogP contribution in [0.15, 0.2) is 34.9 Å². The summed E-state index contributed by atoms with van der Waals surface area (Å²) in [4.78, 5) is 11.6. The monoisotopic (exact) mass is 237 g/mol. The van der Waals surface area contributed by atoms with Crippen LogP contribution in [0.25, 0.3) is 0 Å². The number of carbonyl (C=O) groups is 1. The first-order valence-corrected chi connectivity index (χ1v) is 4.94. The lowest BCUT2D eigenvalue weighted by Gasteiger charge is -1.99. The van der Waals surface area contributed by atoms with Gasteiger partial charge >= 0.3 is 5.97 Å². The third-order valence-electron chi connectivity index (χ3n) is 1.86. The van der Waals surface area contributed by atoms with Gasteiger partial charge in [0.15, 0.2) is 0 Å². The highest BCUT2D eigenvalue weighted by Crippen LogP contribution is 2.15. The summed E-state index contributed by atoms with van der Waals surface area (Å²) in [6, 6.07) is 8.02. The zero-order valence-corrected chi connectivity index (χ0v) is 9.19. The average molecular weight is 238 g/mol. The van der Waals surface area contributed by atoms with Crippen LogP contribution in [0.5, 0.6) is 5.88 Å². The summed E-state index contributed by atoms with van der Waals surface area (Å²) in [6.45, 7) is 1.71. The number of rotatable bonds is 2. The molecule has 0 unspecified atom stereocenters. The highest BCUT2D eigenvalue weighted by Gasteiger charge is 2.11. The smallest absolute Gasteiger partial charge is 0.345 e. The summed E-state index contributed by atoms with van der Waals surface area (Å²) in [6.07, 6.45) is 0. The van der Waals surface area contributed by atoms with E-state index < -0.39 is 5.97 Å². The van der Waals surface area contributed by atoms with Crippen molar-refractivity contribution in [3.8, 4) is 5.88 Å². The van der Waals surface area contributed by atoms with Gasteiger partial charge in [-0.2, -0.15) is 0 Å². The Bertz CT molecular complexity index is 521. The first-order valence-electron chi connectivity index (χ1n) is 4.56. The van der Waals surface area contributed by atoms with E-state index in [2.05, 4.69) is 5.16 Å². The molecule has 0 bridgehead atoms. The van der Waals surface area contributed by atoms with E-state index >= 15 is 0 Å². The lowest BCUT2D eigenvalue weighted by molar-refractivity contribution is 0.0721. The van der Waals surface area contributed by atoms with Crippen LogP contribution in [0.1, 0.15) is 16.1 Å². The molecule has 0 amide bonds. The fourth-order valence-corrected chi connectivity index (χ4v) is 1.35. The van der Waals surface area contributed by atoms with E-state index in [1.54, 1.807) is 25.1 Å². The summed E-state index contributed by atoms with van der Waals surface area (Å²) in [5, 5.41) is 4.03. The molecule has 0 N–H and O–H groups in total. The first-order chi connectivity index (χ1) is 7.65. The maximum atomic E-state index is 11.6. The molecule has 2 aromatic rings. The summed E-state index contributed by atoms with van der Waals surface area (Å²) in [5.41, 5.74) is 0.369. The van der Waals surface area contributed by atoms with Gasteiger partial charge in [-0.1, -0.05) is 17.7 Å². The van der Waals surface area contributed by atoms with Crippen LogP contribution >= 0.6 is 11.6 Å². The molecule has 0 saturated heterocycles. The Kier molecular flexibility index (Phi) is 2.92. The van der Waals surface area contributed by atoms with Gasteiger partial charge in [-0.15, -0.1) is 0 Å². The first kappa shape index (κ1) is 10.7. The number of benzene rings is 1. The quantitative estimate of drug-likeness (QED) is 0.754. The fraction of sp³-hybridized carbons (Fsp3) is 0.0909. The Morgan fingerprint density at radius 3 is 2.88 bits per heavy atom. The van der Waals surface area contributed by atoms with Gasteiger partial charge in [-0.05, 0) is 30.3 Å². The lowest BCUT2D eigenvalue weighted by atomic mass is 10.2. The van der Waals surface area contributed by atoms with E-state index in [-0.39, 0.29) is 5.88 Å². The second-order valence-electron chi connectivity index (χ2n) is 3.18. The van der Waals surface area contributed by atoms with Crippen molar-refractivity contribution in [3.05, 3.63) is 46.7 Å². The number of hydrogen-bond donors (Lipinski definition) is 0. The second kappa shape index (κ2) is 4.37. The molecule has 82 valence electrons. The molecule has 0 radical (unpaired) electrons. The molecular formula is C11H8ClNO3. The number of aryl methyl sites for hydroxylation is 1. The number of ether oxygens (including phenoxy) is 1. The molecule has 4 nitrogen and oxygen atoms in total. The zero-order chi connectivity index (χ0) is 11.5. The van der Waals surface area contributed by atoms with Gasteiger partial charge in [-0.3, -0.25) is 0 Å². The largest absolute Gasteiger partial charge is 0.400 e. The number of halogens is 1. The van der Waals surface area contributed by atoms with E-state index in [1.807, 2.05) is 0 Å². The predicted octanol–water partition coefficient (Wildman–Crippen LogP) is 2.86. The summed E-state index contributed by atoms with van der Waals surface area (Å²) in [5.74, 6) is 0.201. The Morgan fingerprint density at radius 1 is 1.44 bits per heavy atom. The van der Waals surface area contributed by atoms with E-state index in [0.29, 0.717) is 16.3 Å². The highest BCUT2D eigenvalue weighted by atomic mass is 35.5. The minimum absolute atomic E-state index is 0.141. The molecule has 0 fully saturated rings. The molecule has 16 heavy (non-hydrogen) atoms. The highest BCUT2D eigenvalue weighted by molar-refractivity contribution is 6.30. The van der Waals surface area contributed by atoms with Crippen molar-refractivity contribution in [2.45, 2.75) is 6.92 Å². The molecule has 2 rings (SSSR count). The predicted molar refractivity (Wildman–Crippen MR) is 57.7 cm³/mol. The molecule has 1 aromatic heterocycles. The van der Waals surface area contributed by atoms with Crippen molar-refractivity contribution in [2.24, 2.45) is 0 Å². The van der Waals surface area contributed by atoms with Crippen LogP contribution in [-0.2, 0) is 0 Å². The third kappa shape index (κ3) is 2.41. The molecule has 0 spiro atoms. The zero-order valence-electron chi connectivity index (χ0n) is 8.44. The molecule has 0 aliphatic carbocycles. The molecular weight excluding hydrogens is 230 g/mol. The van der Waals surface area contributed by atoms with E-state index in [0.717, 1.165) is 0 Å². The number of aromatic nitrogens is 1. The van der Waals surface area contributed by atoms with Gasteiger partial charge < -0.3 is 9.26 Å². The van der Waals surface area contributed by atoms with Crippen LogP contribution in [0, 0.1) is 6.92 Å². The van der Waals surface area contributed by atoms with Crippen molar-refractivity contribution in [2.75, 3.05) is 0 Å². The average Bonchev–Trinajstić information content (AvgIpc) is 2.64. The third-order valence-corrected chi connectivity index (χ3v) is 2.10. The van der Waals surface area contributed by atoms with Crippen molar-refractivity contribution in [1.82, 2.24) is 5.16 Å². The Labute approximate surface area is 96.8 Å². The van der Waals surface area contributed by atoms with E-state index in [1.165, 1.54) is 12.1 Å². The van der Waals surface area contributed by atoms with Gasteiger partial charge in [0.1, 0.15) is 5.76 Å². The van der Waals surface area contributed by atoms with Gasteiger partial charge in [0.2, 0.25) is 0 Å². The number of esters is 1. The minimum atomic E-state index is -0.518. The van der Waals surface area contributed by atoms with Gasteiger partial charge in [-0.25, -0.2) is 4.79 Å². The number of nitrogens with zero attached hydrogens (tertiary/aromatic N) is 1. The Balaban J connectivity index is 2.14. The maximum Gasteiger partial charge on any atom is 0.345 e. The SMILES string of the molecule is Cc1cc(OC(=O)c2cccc(Cl)c2)no1. The second-order valence-corrected chi connectivity index (χ2v) is 3.61. The standard InChI is InChI=1S/C11H8ClNO3/c1-7-5-10(13-16-7)15-11(14)8-3-2-4-9(12)6-8/h2-6H,1H3. The van der Waals surface area contributed by atoms with Crippen LogP contribution in [-0.4, -0.2) is 11.1 Å². The minimum Gasteiger partial charge on any atom is -0.400 e. The van der Waals surface area contributed by atoms with Crippen molar-refractivity contribution >= 4 is 17.6 Å². The maximum absolute atomic E-state index is 11.6.